The van der Waals surface area contributed by atoms with E-state index < -0.39 is 11.8 Å². The minimum atomic E-state index is -0.826. The van der Waals surface area contributed by atoms with Crippen LogP contribution in [0.4, 0.5) is 4.39 Å². The lowest BCUT2D eigenvalue weighted by Crippen LogP contribution is -2.11. The minimum absolute atomic E-state index is 0.152. The molecule has 6 heteroatoms. The molecule has 0 atom stereocenters. The van der Waals surface area contributed by atoms with Crippen molar-refractivity contribution in [3.63, 3.8) is 0 Å². The largest absolute Gasteiger partial charge is 0.497 e. The molecule has 0 radical (unpaired) electrons. The number of hydrogen-bond donors (Lipinski definition) is 0. The number of fused-ring (bicyclic) bond motifs is 1. The fourth-order valence-corrected chi connectivity index (χ4v) is 3.14. The van der Waals surface area contributed by atoms with Crippen molar-refractivity contribution in [3.8, 4) is 17.2 Å². The number of methoxy groups -OCH3 is 1. The van der Waals surface area contributed by atoms with Crippen LogP contribution in [0, 0.1) is 12.7 Å². The Morgan fingerprint density at radius 2 is 1.87 bits per heavy atom. The Kier molecular flexibility index (Phi) is 5.06. The number of ketones is 1. The zero-order valence-electron chi connectivity index (χ0n) is 16.3. The molecule has 0 saturated heterocycles. The summed E-state index contributed by atoms with van der Waals surface area (Å²) in [5, 5.41) is 0. The maximum atomic E-state index is 13.8. The fraction of sp³-hybridized carbons (Fsp3) is 0.0833. The number of allylic oxidation sites excluding steroid dienone is 1. The van der Waals surface area contributed by atoms with Gasteiger partial charge >= 0.3 is 5.97 Å². The molecule has 0 aliphatic carbocycles. The van der Waals surface area contributed by atoms with E-state index in [2.05, 4.69) is 0 Å². The topological polar surface area (TPSA) is 61.8 Å². The van der Waals surface area contributed by atoms with E-state index in [0.717, 1.165) is 5.56 Å². The van der Waals surface area contributed by atoms with Gasteiger partial charge in [0.2, 0.25) is 5.78 Å². The standard InChI is InChI=1S/C24H17FO5/c1-14-20(30-24(27)17-8-3-4-9-19(17)25)11-10-18-22(26)21(29-23(14)18)13-15-6-5-7-16(12-15)28-2/h3-13H,1-2H3/b21-13-. The molecule has 4 rings (SSSR count). The van der Waals surface area contributed by atoms with Gasteiger partial charge in [0.25, 0.3) is 0 Å². The highest BCUT2D eigenvalue weighted by Gasteiger charge is 2.30. The van der Waals surface area contributed by atoms with E-state index in [1.54, 1.807) is 38.3 Å². The van der Waals surface area contributed by atoms with Crippen LogP contribution >= 0.6 is 0 Å². The summed E-state index contributed by atoms with van der Waals surface area (Å²) in [6.45, 7) is 1.67. The number of benzene rings is 3. The number of ether oxygens (including phenoxy) is 3. The number of Topliss-reactive ketones (excluding diaryl/α,β-unsaturated/α-hetero) is 1. The van der Waals surface area contributed by atoms with Crippen molar-refractivity contribution < 1.29 is 28.2 Å². The van der Waals surface area contributed by atoms with Gasteiger partial charge in [0.15, 0.2) is 5.76 Å². The monoisotopic (exact) mass is 404 g/mol. The summed E-state index contributed by atoms with van der Waals surface area (Å²) >= 11 is 0. The van der Waals surface area contributed by atoms with Crippen molar-refractivity contribution in [2.45, 2.75) is 6.92 Å². The van der Waals surface area contributed by atoms with Crippen molar-refractivity contribution in [3.05, 3.63) is 94.5 Å². The first-order chi connectivity index (χ1) is 14.5. The predicted molar refractivity (Wildman–Crippen MR) is 108 cm³/mol. The average Bonchev–Trinajstić information content (AvgIpc) is 3.06. The molecule has 1 heterocycles. The molecule has 0 spiro atoms. The third-order valence-electron chi connectivity index (χ3n) is 4.72. The number of esters is 1. The van der Waals surface area contributed by atoms with Gasteiger partial charge in [0, 0.05) is 5.56 Å². The SMILES string of the molecule is COc1cccc(/C=C2\Oc3c(ccc(OC(=O)c4ccccc4F)c3C)C2=O)c1. The molecule has 1 aliphatic heterocycles. The van der Waals surface area contributed by atoms with Gasteiger partial charge in [-0.1, -0.05) is 24.3 Å². The molecule has 3 aromatic rings. The molecule has 3 aromatic carbocycles. The number of carbonyl (C=O) groups excluding carboxylic acids is 2. The highest BCUT2D eigenvalue weighted by Crippen LogP contribution is 2.39. The van der Waals surface area contributed by atoms with E-state index in [0.29, 0.717) is 22.6 Å². The molecule has 1 aliphatic rings. The van der Waals surface area contributed by atoms with E-state index >= 15 is 0 Å². The molecular weight excluding hydrogens is 387 g/mol. The van der Waals surface area contributed by atoms with Crippen molar-refractivity contribution in [2.75, 3.05) is 7.11 Å². The number of rotatable bonds is 4. The van der Waals surface area contributed by atoms with Crippen molar-refractivity contribution in [1.29, 1.82) is 0 Å². The van der Waals surface area contributed by atoms with Gasteiger partial charge in [0.1, 0.15) is 23.1 Å². The van der Waals surface area contributed by atoms with Crippen LogP contribution in [0.25, 0.3) is 6.08 Å². The van der Waals surface area contributed by atoms with E-state index in [1.165, 1.54) is 30.3 Å². The van der Waals surface area contributed by atoms with Crippen molar-refractivity contribution in [1.82, 2.24) is 0 Å². The van der Waals surface area contributed by atoms with Gasteiger partial charge in [-0.15, -0.1) is 0 Å². The van der Waals surface area contributed by atoms with Gasteiger partial charge in [-0.05, 0) is 55.0 Å². The molecule has 5 nitrogen and oxygen atoms in total. The zero-order valence-corrected chi connectivity index (χ0v) is 16.3. The molecule has 0 fully saturated rings. The third kappa shape index (κ3) is 3.55. The normalized spacial score (nSPS) is 13.7. The van der Waals surface area contributed by atoms with Gasteiger partial charge in [-0.2, -0.15) is 0 Å². The summed E-state index contributed by atoms with van der Waals surface area (Å²) in [7, 11) is 1.56. The highest BCUT2D eigenvalue weighted by atomic mass is 19.1. The molecular formula is C24H17FO5. The summed E-state index contributed by atoms with van der Waals surface area (Å²) < 4.78 is 30.2. The van der Waals surface area contributed by atoms with Crippen LogP contribution in [-0.2, 0) is 0 Å². The van der Waals surface area contributed by atoms with Gasteiger partial charge in [-0.3, -0.25) is 4.79 Å². The average molecular weight is 404 g/mol. The molecule has 0 N–H and O–H groups in total. The van der Waals surface area contributed by atoms with Gasteiger partial charge in [-0.25, -0.2) is 9.18 Å². The lowest BCUT2D eigenvalue weighted by Gasteiger charge is -2.10. The Morgan fingerprint density at radius 3 is 2.63 bits per heavy atom. The van der Waals surface area contributed by atoms with Crippen LogP contribution in [-0.4, -0.2) is 18.9 Å². The van der Waals surface area contributed by atoms with Crippen LogP contribution in [0.5, 0.6) is 17.2 Å². The first-order valence-corrected chi connectivity index (χ1v) is 9.16. The van der Waals surface area contributed by atoms with Crippen LogP contribution in [0.15, 0.2) is 66.4 Å². The second-order valence-electron chi connectivity index (χ2n) is 6.65. The van der Waals surface area contributed by atoms with Gasteiger partial charge in [0.05, 0.1) is 18.2 Å². The van der Waals surface area contributed by atoms with Crippen LogP contribution < -0.4 is 14.2 Å². The first kappa shape index (κ1) is 19.4. The molecule has 0 amide bonds. The molecule has 0 bridgehead atoms. The third-order valence-corrected chi connectivity index (χ3v) is 4.72. The number of carbonyl (C=O) groups is 2. The molecule has 0 saturated carbocycles. The van der Waals surface area contributed by atoms with Crippen molar-refractivity contribution in [2.24, 2.45) is 0 Å². The second kappa shape index (κ2) is 7.83. The summed E-state index contributed by atoms with van der Waals surface area (Å²) in [6.07, 6.45) is 1.62. The van der Waals surface area contributed by atoms with E-state index in [-0.39, 0.29) is 22.9 Å². The molecule has 0 unspecified atom stereocenters. The zero-order chi connectivity index (χ0) is 21.3. The Bertz CT molecular complexity index is 1200. The minimum Gasteiger partial charge on any atom is -0.497 e. The highest BCUT2D eigenvalue weighted by molar-refractivity contribution is 6.15. The molecule has 30 heavy (non-hydrogen) atoms. The quantitative estimate of drug-likeness (QED) is 0.349. The first-order valence-electron chi connectivity index (χ1n) is 9.16. The maximum absolute atomic E-state index is 13.8. The lowest BCUT2D eigenvalue weighted by molar-refractivity contribution is 0.0728. The van der Waals surface area contributed by atoms with Crippen molar-refractivity contribution >= 4 is 17.8 Å². The molecule has 150 valence electrons. The Labute approximate surface area is 172 Å². The summed E-state index contributed by atoms with van der Waals surface area (Å²) in [6, 6.07) is 15.8. The summed E-state index contributed by atoms with van der Waals surface area (Å²) in [5.41, 5.74) is 1.41. The van der Waals surface area contributed by atoms with E-state index in [9.17, 15) is 14.0 Å². The lowest BCUT2D eigenvalue weighted by atomic mass is 10.1. The van der Waals surface area contributed by atoms with Crippen LogP contribution in [0.3, 0.4) is 0 Å². The summed E-state index contributed by atoms with van der Waals surface area (Å²) in [5.74, 6) is -0.457. The number of hydrogen-bond acceptors (Lipinski definition) is 5. The number of halogens is 1. The van der Waals surface area contributed by atoms with E-state index in [4.69, 9.17) is 14.2 Å². The maximum Gasteiger partial charge on any atom is 0.346 e. The smallest absolute Gasteiger partial charge is 0.346 e. The molecule has 0 aromatic heterocycles. The Balaban J connectivity index is 1.62. The fourth-order valence-electron chi connectivity index (χ4n) is 3.14. The van der Waals surface area contributed by atoms with Gasteiger partial charge < -0.3 is 14.2 Å². The van der Waals surface area contributed by atoms with Crippen LogP contribution in [0.2, 0.25) is 0 Å². The summed E-state index contributed by atoms with van der Waals surface area (Å²) in [4.78, 5) is 25.0. The second-order valence-corrected chi connectivity index (χ2v) is 6.65. The Morgan fingerprint density at radius 1 is 1.07 bits per heavy atom. The van der Waals surface area contributed by atoms with E-state index in [1.807, 2.05) is 12.1 Å². The predicted octanol–water partition coefficient (Wildman–Crippen LogP) is 4.98. The van der Waals surface area contributed by atoms with Crippen LogP contribution in [0.1, 0.15) is 31.8 Å². The Hall–Kier alpha value is -3.93.